The van der Waals surface area contributed by atoms with E-state index in [0.29, 0.717) is 54.5 Å². The van der Waals surface area contributed by atoms with Crippen molar-refractivity contribution in [3.8, 4) is 0 Å². The first kappa shape index (κ1) is 17.2. The molecule has 0 atom stereocenters. The van der Waals surface area contributed by atoms with Crippen molar-refractivity contribution in [3.63, 3.8) is 0 Å². The zero-order valence-electron chi connectivity index (χ0n) is 12.7. The van der Waals surface area contributed by atoms with E-state index in [-0.39, 0.29) is 5.56 Å². The Hall–Kier alpha value is -1.64. The lowest BCUT2D eigenvalue weighted by Gasteiger charge is -2.34. The first-order valence-electron chi connectivity index (χ1n) is 7.50. The standard InChI is InChI=1S/C15H16ClF3N4O/c16-10-1-2-11-12(7-10)20-13(21-14(11)24)8-22-3-5-23(6-4-22)9-15(17,18)19/h1-2,7H,3-6,8-9H2,(H,20,21,24). The highest BCUT2D eigenvalue weighted by atomic mass is 35.5. The molecule has 1 aromatic carbocycles. The second kappa shape index (κ2) is 6.70. The molecule has 5 nitrogen and oxygen atoms in total. The summed E-state index contributed by atoms with van der Waals surface area (Å²) < 4.78 is 37.2. The minimum Gasteiger partial charge on any atom is -0.309 e. The van der Waals surface area contributed by atoms with Crippen molar-refractivity contribution in [2.75, 3.05) is 32.7 Å². The zero-order chi connectivity index (χ0) is 17.3. The number of hydrogen-bond acceptors (Lipinski definition) is 4. The number of benzene rings is 1. The van der Waals surface area contributed by atoms with Crippen molar-refractivity contribution < 1.29 is 13.2 Å². The number of halogens is 4. The first-order chi connectivity index (χ1) is 11.3. The Morgan fingerprint density at radius 3 is 2.50 bits per heavy atom. The van der Waals surface area contributed by atoms with E-state index < -0.39 is 12.7 Å². The fourth-order valence-electron chi connectivity index (χ4n) is 2.81. The Kier molecular flexibility index (Phi) is 4.80. The maximum Gasteiger partial charge on any atom is 0.401 e. The molecule has 1 saturated heterocycles. The molecule has 1 aromatic heterocycles. The van der Waals surface area contributed by atoms with Gasteiger partial charge < -0.3 is 4.98 Å². The molecular weight excluding hydrogens is 345 g/mol. The van der Waals surface area contributed by atoms with Gasteiger partial charge in [0.25, 0.3) is 5.56 Å². The molecule has 24 heavy (non-hydrogen) atoms. The minimum absolute atomic E-state index is 0.248. The molecule has 0 spiro atoms. The minimum atomic E-state index is -4.17. The molecule has 2 aromatic rings. The molecule has 9 heteroatoms. The molecule has 130 valence electrons. The van der Waals surface area contributed by atoms with Crippen LogP contribution in [0.25, 0.3) is 10.9 Å². The van der Waals surface area contributed by atoms with Crippen LogP contribution in [-0.4, -0.2) is 58.7 Å². The number of aromatic nitrogens is 2. The number of nitrogens with one attached hydrogen (secondary N) is 1. The average Bonchev–Trinajstić information content (AvgIpc) is 2.47. The molecule has 0 unspecified atom stereocenters. The van der Waals surface area contributed by atoms with Crippen molar-refractivity contribution in [2.24, 2.45) is 0 Å². The molecule has 1 N–H and O–H groups in total. The Morgan fingerprint density at radius 2 is 1.83 bits per heavy atom. The van der Waals surface area contributed by atoms with Crippen molar-refractivity contribution in [2.45, 2.75) is 12.7 Å². The largest absolute Gasteiger partial charge is 0.401 e. The quantitative estimate of drug-likeness (QED) is 0.912. The monoisotopic (exact) mass is 360 g/mol. The van der Waals surface area contributed by atoms with Gasteiger partial charge in [-0.05, 0) is 18.2 Å². The van der Waals surface area contributed by atoms with Crippen LogP contribution in [0.3, 0.4) is 0 Å². The van der Waals surface area contributed by atoms with Gasteiger partial charge in [-0.15, -0.1) is 0 Å². The Morgan fingerprint density at radius 1 is 1.17 bits per heavy atom. The molecule has 0 radical (unpaired) electrons. The highest BCUT2D eigenvalue weighted by molar-refractivity contribution is 6.31. The molecule has 1 fully saturated rings. The van der Waals surface area contributed by atoms with Crippen LogP contribution >= 0.6 is 11.6 Å². The average molecular weight is 361 g/mol. The lowest BCUT2D eigenvalue weighted by atomic mass is 10.2. The van der Waals surface area contributed by atoms with Gasteiger partial charge in [0, 0.05) is 31.2 Å². The summed E-state index contributed by atoms with van der Waals surface area (Å²) in [5.74, 6) is 0.485. The smallest absolute Gasteiger partial charge is 0.309 e. The highest BCUT2D eigenvalue weighted by Gasteiger charge is 2.32. The highest BCUT2D eigenvalue weighted by Crippen LogP contribution is 2.18. The van der Waals surface area contributed by atoms with E-state index in [1.165, 1.54) is 4.90 Å². The second-order valence-electron chi connectivity index (χ2n) is 5.84. The van der Waals surface area contributed by atoms with Gasteiger partial charge in [-0.3, -0.25) is 14.6 Å². The molecule has 0 amide bonds. The summed E-state index contributed by atoms with van der Waals surface area (Å²) in [5.41, 5.74) is 0.263. The van der Waals surface area contributed by atoms with Crippen LogP contribution in [0.15, 0.2) is 23.0 Å². The van der Waals surface area contributed by atoms with Crippen LogP contribution in [0.2, 0.25) is 5.02 Å². The third-order valence-corrected chi connectivity index (χ3v) is 4.19. The van der Waals surface area contributed by atoms with Gasteiger partial charge in [-0.2, -0.15) is 13.2 Å². The number of piperazine rings is 1. The normalized spacial score (nSPS) is 17.5. The third-order valence-electron chi connectivity index (χ3n) is 3.96. The molecule has 1 aliphatic rings. The molecule has 1 aliphatic heterocycles. The Balaban J connectivity index is 1.67. The van der Waals surface area contributed by atoms with Crippen molar-refractivity contribution >= 4 is 22.5 Å². The van der Waals surface area contributed by atoms with E-state index in [4.69, 9.17) is 11.6 Å². The van der Waals surface area contributed by atoms with Gasteiger partial charge >= 0.3 is 6.18 Å². The first-order valence-corrected chi connectivity index (χ1v) is 7.88. The van der Waals surface area contributed by atoms with Gasteiger partial charge in [0.2, 0.25) is 0 Å². The lowest BCUT2D eigenvalue weighted by Crippen LogP contribution is -2.48. The van der Waals surface area contributed by atoms with Crippen LogP contribution < -0.4 is 5.56 Å². The Bertz CT molecular complexity index is 784. The summed E-state index contributed by atoms with van der Waals surface area (Å²) in [5, 5.41) is 0.950. The van der Waals surface area contributed by atoms with Gasteiger partial charge in [0.15, 0.2) is 0 Å². The molecule has 2 heterocycles. The van der Waals surface area contributed by atoms with E-state index >= 15 is 0 Å². The zero-order valence-corrected chi connectivity index (χ0v) is 13.5. The molecule has 0 bridgehead atoms. The summed E-state index contributed by atoms with van der Waals surface area (Å²) in [6.07, 6.45) is -4.17. The SMILES string of the molecule is O=c1[nH]c(CN2CCN(CC(F)(F)F)CC2)nc2cc(Cl)ccc12. The number of alkyl halides is 3. The van der Waals surface area contributed by atoms with Crippen molar-refractivity contribution in [1.29, 1.82) is 0 Å². The Labute approximate surface area is 141 Å². The summed E-state index contributed by atoms with van der Waals surface area (Å²) in [6, 6.07) is 4.86. The number of fused-ring (bicyclic) bond motifs is 1. The van der Waals surface area contributed by atoms with E-state index in [9.17, 15) is 18.0 Å². The summed E-state index contributed by atoms with van der Waals surface area (Å²) in [7, 11) is 0. The molecular formula is C15H16ClF3N4O. The van der Waals surface area contributed by atoms with Crippen LogP contribution in [0.5, 0.6) is 0 Å². The van der Waals surface area contributed by atoms with E-state index in [0.717, 1.165) is 0 Å². The van der Waals surface area contributed by atoms with Crippen molar-refractivity contribution in [1.82, 2.24) is 19.8 Å². The van der Waals surface area contributed by atoms with Gasteiger partial charge in [-0.25, -0.2) is 4.98 Å². The van der Waals surface area contributed by atoms with Gasteiger partial charge in [-0.1, -0.05) is 11.6 Å². The van der Waals surface area contributed by atoms with Crippen LogP contribution in [-0.2, 0) is 6.54 Å². The lowest BCUT2D eigenvalue weighted by molar-refractivity contribution is -0.149. The third kappa shape index (κ3) is 4.25. The van der Waals surface area contributed by atoms with E-state index in [1.807, 2.05) is 4.90 Å². The van der Waals surface area contributed by atoms with Crippen LogP contribution in [0.1, 0.15) is 5.82 Å². The number of hydrogen-bond donors (Lipinski definition) is 1. The van der Waals surface area contributed by atoms with Crippen molar-refractivity contribution in [3.05, 3.63) is 39.4 Å². The van der Waals surface area contributed by atoms with Gasteiger partial charge in [0.05, 0.1) is 24.0 Å². The van der Waals surface area contributed by atoms with Crippen LogP contribution in [0, 0.1) is 0 Å². The summed E-state index contributed by atoms with van der Waals surface area (Å²) in [4.78, 5) is 22.5. The number of H-pyrrole nitrogens is 1. The van der Waals surface area contributed by atoms with Gasteiger partial charge in [0.1, 0.15) is 5.82 Å². The molecule has 3 rings (SSSR count). The molecule has 0 aliphatic carbocycles. The second-order valence-corrected chi connectivity index (χ2v) is 6.28. The fraction of sp³-hybridized carbons (Fsp3) is 0.467. The maximum atomic E-state index is 12.4. The topological polar surface area (TPSA) is 52.2 Å². The number of nitrogens with zero attached hydrogens (tertiary/aromatic N) is 3. The van der Waals surface area contributed by atoms with E-state index in [1.54, 1.807) is 18.2 Å². The maximum absolute atomic E-state index is 12.4. The van der Waals surface area contributed by atoms with Crippen LogP contribution in [0.4, 0.5) is 13.2 Å². The number of rotatable bonds is 3. The number of aromatic amines is 1. The predicted molar refractivity (Wildman–Crippen MR) is 85.1 cm³/mol. The fourth-order valence-corrected chi connectivity index (χ4v) is 2.97. The summed E-state index contributed by atoms with van der Waals surface area (Å²) in [6.45, 7) is 1.16. The summed E-state index contributed by atoms with van der Waals surface area (Å²) >= 11 is 5.92. The predicted octanol–water partition coefficient (Wildman–Crippen LogP) is 2.26. The van der Waals surface area contributed by atoms with E-state index in [2.05, 4.69) is 9.97 Å². The molecule has 0 saturated carbocycles.